The molecule has 23 heavy (non-hydrogen) atoms. The summed E-state index contributed by atoms with van der Waals surface area (Å²) in [5.74, 6) is -2.45. The molecule has 0 bridgehead atoms. The Balaban J connectivity index is 2.41. The van der Waals surface area contributed by atoms with Crippen molar-refractivity contribution in [3.05, 3.63) is 49.9 Å². The second kappa shape index (κ2) is 6.05. The Morgan fingerprint density at radius 2 is 1.96 bits per heavy atom. The van der Waals surface area contributed by atoms with E-state index in [1.807, 2.05) is 0 Å². The highest BCUT2D eigenvalue weighted by molar-refractivity contribution is 7.16. The monoisotopic (exact) mass is 336 g/mol. The van der Waals surface area contributed by atoms with Gasteiger partial charge in [-0.2, -0.15) is 0 Å². The van der Waals surface area contributed by atoms with Crippen molar-refractivity contribution < 1.29 is 24.7 Å². The predicted octanol–water partition coefficient (Wildman–Crippen LogP) is 2.93. The maximum atomic E-state index is 12.2. The van der Waals surface area contributed by atoms with Gasteiger partial charge < -0.3 is 15.5 Å². The van der Waals surface area contributed by atoms with Crippen LogP contribution in [0.15, 0.2) is 18.2 Å². The minimum Gasteiger partial charge on any atom is -0.507 e. The highest BCUT2D eigenvalue weighted by Gasteiger charge is 2.23. The number of carbonyl (C=O) groups is 2. The number of carboxylic acid groups (broad SMARTS) is 1. The fourth-order valence-electron chi connectivity index (χ4n) is 1.96. The number of amides is 1. The number of thiophene rings is 1. The minimum absolute atomic E-state index is 0.0363. The molecule has 0 aliphatic carbocycles. The van der Waals surface area contributed by atoms with Crippen LogP contribution in [0.25, 0.3) is 0 Å². The van der Waals surface area contributed by atoms with Gasteiger partial charge in [0.2, 0.25) is 0 Å². The van der Waals surface area contributed by atoms with Gasteiger partial charge in [-0.3, -0.25) is 14.9 Å². The lowest BCUT2D eigenvalue weighted by atomic mass is 10.1. The molecule has 0 radical (unpaired) electrons. The van der Waals surface area contributed by atoms with Gasteiger partial charge in [0.25, 0.3) is 11.6 Å². The quantitative estimate of drug-likeness (QED) is 0.581. The van der Waals surface area contributed by atoms with E-state index in [1.165, 1.54) is 0 Å². The second-order valence-corrected chi connectivity index (χ2v) is 5.93. The Bertz CT molecular complexity index is 827. The molecule has 0 atom stereocenters. The predicted molar refractivity (Wildman–Crippen MR) is 83.5 cm³/mol. The maximum absolute atomic E-state index is 12.2. The van der Waals surface area contributed by atoms with Gasteiger partial charge in [0.15, 0.2) is 0 Å². The van der Waals surface area contributed by atoms with Crippen molar-refractivity contribution in [2.75, 3.05) is 5.32 Å². The van der Waals surface area contributed by atoms with Gasteiger partial charge in [-0.25, -0.2) is 4.79 Å². The van der Waals surface area contributed by atoms with E-state index in [4.69, 9.17) is 0 Å². The lowest BCUT2D eigenvalue weighted by molar-refractivity contribution is -0.384. The van der Waals surface area contributed by atoms with Gasteiger partial charge >= 0.3 is 5.97 Å². The molecule has 1 aromatic heterocycles. The number of benzene rings is 1. The third-order valence-corrected chi connectivity index (χ3v) is 4.38. The van der Waals surface area contributed by atoms with Crippen molar-refractivity contribution in [3.63, 3.8) is 0 Å². The molecular formula is C14H12N2O6S. The van der Waals surface area contributed by atoms with E-state index in [2.05, 4.69) is 5.32 Å². The van der Waals surface area contributed by atoms with Crippen LogP contribution >= 0.6 is 11.3 Å². The van der Waals surface area contributed by atoms with Crippen LogP contribution in [0.2, 0.25) is 0 Å². The molecule has 0 unspecified atom stereocenters. The largest absolute Gasteiger partial charge is 0.507 e. The number of carboxylic acids is 1. The zero-order chi connectivity index (χ0) is 17.3. The molecule has 0 fully saturated rings. The summed E-state index contributed by atoms with van der Waals surface area (Å²) in [4.78, 5) is 34.3. The van der Waals surface area contributed by atoms with Crippen molar-refractivity contribution in [1.82, 2.24) is 0 Å². The smallest absolute Gasteiger partial charge is 0.338 e. The summed E-state index contributed by atoms with van der Waals surface area (Å²) < 4.78 is 0. The molecule has 2 rings (SSSR count). The number of aromatic carboxylic acids is 1. The molecule has 1 aromatic carbocycles. The molecule has 0 aliphatic heterocycles. The lowest BCUT2D eigenvalue weighted by Gasteiger charge is -2.06. The van der Waals surface area contributed by atoms with Crippen molar-refractivity contribution in [2.24, 2.45) is 0 Å². The molecular weight excluding hydrogens is 324 g/mol. The fourth-order valence-corrected chi connectivity index (χ4v) is 3.01. The van der Waals surface area contributed by atoms with Crippen molar-refractivity contribution in [2.45, 2.75) is 13.8 Å². The number of carbonyl (C=O) groups excluding carboxylic acids is 1. The third-order valence-electron chi connectivity index (χ3n) is 3.26. The first-order valence-corrected chi connectivity index (χ1v) is 7.16. The minimum atomic E-state index is -1.19. The normalized spacial score (nSPS) is 10.3. The standard InChI is InChI=1S/C14H12N2O6S/c1-6-7(2)23-13(11(6)14(19)20)15-12(18)9-5-8(16(21)22)3-4-10(9)17/h3-5,17H,1-2H3,(H,15,18)(H,19,20). The molecule has 120 valence electrons. The summed E-state index contributed by atoms with van der Waals surface area (Å²) in [5, 5.41) is 32.2. The van der Waals surface area contributed by atoms with Gasteiger partial charge in [-0.05, 0) is 25.5 Å². The fraction of sp³-hybridized carbons (Fsp3) is 0.143. The number of phenols is 1. The Labute approximate surface area is 134 Å². The summed E-state index contributed by atoms with van der Waals surface area (Å²) in [5.41, 5.74) is -0.170. The first-order chi connectivity index (χ1) is 10.7. The third kappa shape index (κ3) is 3.14. The first kappa shape index (κ1) is 16.4. The van der Waals surface area contributed by atoms with E-state index in [-0.39, 0.29) is 21.8 Å². The van der Waals surface area contributed by atoms with E-state index < -0.39 is 22.5 Å². The molecule has 0 aliphatic rings. The molecule has 0 saturated heterocycles. The van der Waals surface area contributed by atoms with Crippen molar-refractivity contribution in [1.29, 1.82) is 0 Å². The summed E-state index contributed by atoms with van der Waals surface area (Å²) in [7, 11) is 0. The van der Waals surface area contributed by atoms with Crippen LogP contribution in [0.4, 0.5) is 10.7 Å². The molecule has 2 aromatic rings. The van der Waals surface area contributed by atoms with Crippen LogP contribution in [0.3, 0.4) is 0 Å². The number of nitrogens with one attached hydrogen (secondary N) is 1. The van der Waals surface area contributed by atoms with Gasteiger partial charge in [0, 0.05) is 17.0 Å². The number of non-ortho nitro benzene ring substituents is 1. The molecule has 8 nitrogen and oxygen atoms in total. The number of phenolic OH excluding ortho intramolecular Hbond substituents is 1. The van der Waals surface area contributed by atoms with Crippen molar-refractivity contribution >= 4 is 33.9 Å². The average molecular weight is 336 g/mol. The van der Waals surface area contributed by atoms with Crippen LogP contribution in [0, 0.1) is 24.0 Å². The lowest BCUT2D eigenvalue weighted by Crippen LogP contribution is -2.14. The highest BCUT2D eigenvalue weighted by Crippen LogP contribution is 2.33. The average Bonchev–Trinajstić information content (AvgIpc) is 2.73. The zero-order valence-electron chi connectivity index (χ0n) is 12.1. The topological polar surface area (TPSA) is 130 Å². The number of nitrogens with zero attached hydrogens (tertiary/aromatic N) is 1. The van der Waals surface area contributed by atoms with Gasteiger partial charge in [-0.1, -0.05) is 0 Å². The summed E-state index contributed by atoms with van der Waals surface area (Å²) in [6.45, 7) is 3.34. The van der Waals surface area contributed by atoms with Gasteiger partial charge in [-0.15, -0.1) is 11.3 Å². The molecule has 1 amide bonds. The number of nitro groups is 1. The van der Waals surface area contributed by atoms with Crippen molar-refractivity contribution in [3.8, 4) is 5.75 Å². The number of aromatic hydroxyl groups is 1. The highest BCUT2D eigenvalue weighted by atomic mass is 32.1. The number of anilines is 1. The van der Waals surface area contributed by atoms with Crippen LogP contribution < -0.4 is 5.32 Å². The summed E-state index contributed by atoms with van der Waals surface area (Å²) >= 11 is 1.08. The number of aryl methyl sites for hydroxylation is 1. The molecule has 1 heterocycles. The number of hydrogen-bond donors (Lipinski definition) is 3. The molecule has 0 spiro atoms. The van der Waals surface area contributed by atoms with Crippen LogP contribution in [-0.4, -0.2) is 27.0 Å². The van der Waals surface area contributed by atoms with E-state index in [0.29, 0.717) is 5.56 Å². The number of nitro benzene ring substituents is 1. The first-order valence-electron chi connectivity index (χ1n) is 6.34. The Hall–Kier alpha value is -2.94. The zero-order valence-corrected chi connectivity index (χ0v) is 12.9. The molecule has 0 saturated carbocycles. The Kier molecular flexibility index (Phi) is 4.32. The van der Waals surface area contributed by atoms with Gasteiger partial charge in [0.05, 0.1) is 16.1 Å². The van der Waals surface area contributed by atoms with Gasteiger partial charge in [0.1, 0.15) is 10.8 Å². The summed E-state index contributed by atoms with van der Waals surface area (Å²) in [6.07, 6.45) is 0. The number of rotatable bonds is 4. The van der Waals surface area contributed by atoms with E-state index in [0.717, 1.165) is 34.4 Å². The SMILES string of the molecule is Cc1sc(NC(=O)c2cc([N+](=O)[O-])ccc2O)c(C(=O)O)c1C. The van der Waals surface area contributed by atoms with Crippen LogP contribution in [-0.2, 0) is 0 Å². The molecule has 9 heteroatoms. The van der Waals surface area contributed by atoms with Crippen LogP contribution in [0.5, 0.6) is 5.75 Å². The van der Waals surface area contributed by atoms with E-state index >= 15 is 0 Å². The Morgan fingerprint density at radius 1 is 1.30 bits per heavy atom. The maximum Gasteiger partial charge on any atom is 0.338 e. The summed E-state index contributed by atoms with van der Waals surface area (Å²) in [6, 6.07) is 3.03. The second-order valence-electron chi connectivity index (χ2n) is 4.71. The number of hydrogen-bond acceptors (Lipinski definition) is 6. The van der Waals surface area contributed by atoms with E-state index in [9.17, 15) is 29.9 Å². The molecule has 3 N–H and O–H groups in total. The van der Waals surface area contributed by atoms with Crippen LogP contribution in [0.1, 0.15) is 31.2 Å². The Morgan fingerprint density at radius 3 is 2.52 bits per heavy atom. The van der Waals surface area contributed by atoms with E-state index in [1.54, 1.807) is 13.8 Å².